The van der Waals surface area contributed by atoms with Crippen LogP contribution in [0.4, 0.5) is 18.9 Å². The number of alkyl halides is 3. The van der Waals surface area contributed by atoms with Gasteiger partial charge >= 0.3 is 6.18 Å². The predicted octanol–water partition coefficient (Wildman–Crippen LogP) is 5.07. The van der Waals surface area contributed by atoms with Crippen molar-refractivity contribution in [3.05, 3.63) is 81.4 Å². The highest BCUT2D eigenvalue weighted by molar-refractivity contribution is 5.84. The highest BCUT2D eigenvalue weighted by Gasteiger charge is 2.33. The van der Waals surface area contributed by atoms with Gasteiger partial charge in [0.2, 0.25) is 0 Å². The van der Waals surface area contributed by atoms with E-state index in [2.05, 4.69) is 0 Å². The molecule has 2 rings (SSSR count). The van der Waals surface area contributed by atoms with Gasteiger partial charge in [-0.1, -0.05) is 36.4 Å². The summed E-state index contributed by atoms with van der Waals surface area (Å²) in [7, 11) is 0. The van der Waals surface area contributed by atoms with E-state index in [4.69, 9.17) is 0 Å². The Morgan fingerprint density at radius 3 is 2.27 bits per heavy atom. The van der Waals surface area contributed by atoms with E-state index in [1.807, 2.05) is 0 Å². The largest absolute Gasteiger partial charge is 0.416 e. The third-order valence-corrected chi connectivity index (χ3v) is 3.19. The van der Waals surface area contributed by atoms with E-state index in [-0.39, 0.29) is 5.56 Å². The predicted molar refractivity (Wildman–Crippen MR) is 77.3 cm³/mol. The molecular weight excluding hydrogens is 295 g/mol. The van der Waals surface area contributed by atoms with Gasteiger partial charge in [0.25, 0.3) is 5.69 Å². The van der Waals surface area contributed by atoms with Crippen LogP contribution in [0.5, 0.6) is 0 Å². The fourth-order valence-corrected chi connectivity index (χ4v) is 2.18. The summed E-state index contributed by atoms with van der Waals surface area (Å²) >= 11 is 0. The molecule has 0 radical (unpaired) electrons. The third-order valence-electron chi connectivity index (χ3n) is 3.19. The lowest BCUT2D eigenvalue weighted by Gasteiger charge is -2.11. The summed E-state index contributed by atoms with van der Waals surface area (Å²) in [5.74, 6) is 0. The minimum Gasteiger partial charge on any atom is -0.258 e. The van der Waals surface area contributed by atoms with E-state index in [9.17, 15) is 23.3 Å². The molecule has 0 saturated heterocycles. The van der Waals surface area contributed by atoms with Crippen molar-refractivity contribution in [3.63, 3.8) is 0 Å². The molecule has 22 heavy (non-hydrogen) atoms. The number of halogens is 3. The van der Waals surface area contributed by atoms with Crippen molar-refractivity contribution in [2.75, 3.05) is 0 Å². The van der Waals surface area contributed by atoms with E-state index in [0.29, 0.717) is 17.2 Å². The summed E-state index contributed by atoms with van der Waals surface area (Å²) in [4.78, 5) is 10.4. The van der Waals surface area contributed by atoms with Crippen molar-refractivity contribution in [2.45, 2.75) is 13.1 Å². The summed E-state index contributed by atoms with van der Waals surface area (Å²) in [6.45, 7) is 1.68. The Morgan fingerprint density at radius 2 is 1.77 bits per heavy atom. The summed E-state index contributed by atoms with van der Waals surface area (Å²) in [6, 6.07) is 11.4. The molecule has 0 amide bonds. The zero-order valence-electron chi connectivity index (χ0n) is 11.6. The van der Waals surface area contributed by atoms with Crippen LogP contribution in [0.15, 0.2) is 54.6 Å². The monoisotopic (exact) mass is 307 g/mol. The first-order valence-electron chi connectivity index (χ1n) is 6.42. The van der Waals surface area contributed by atoms with Crippen LogP contribution in [0.3, 0.4) is 0 Å². The van der Waals surface area contributed by atoms with Gasteiger partial charge in [-0.05, 0) is 30.2 Å². The maximum absolute atomic E-state index is 12.7. The topological polar surface area (TPSA) is 43.1 Å². The van der Waals surface area contributed by atoms with Crippen molar-refractivity contribution in [3.8, 4) is 0 Å². The third kappa shape index (κ3) is 3.16. The Hall–Kier alpha value is -2.63. The van der Waals surface area contributed by atoms with Crippen LogP contribution in [0.1, 0.15) is 23.6 Å². The molecule has 2 aromatic carbocycles. The van der Waals surface area contributed by atoms with Crippen LogP contribution < -0.4 is 0 Å². The van der Waals surface area contributed by atoms with Gasteiger partial charge in [-0.15, -0.1) is 0 Å². The molecule has 0 fully saturated rings. The highest BCUT2D eigenvalue weighted by atomic mass is 19.4. The Morgan fingerprint density at radius 1 is 1.14 bits per heavy atom. The molecule has 0 unspecified atom stereocenters. The SMILES string of the molecule is C/C=C(\c1ccccc1)c1ccc(C(F)(F)F)cc1[N+](=O)[O-]. The molecular formula is C16H12F3NO2. The van der Waals surface area contributed by atoms with Crippen molar-refractivity contribution in [2.24, 2.45) is 0 Å². The average molecular weight is 307 g/mol. The van der Waals surface area contributed by atoms with Crippen LogP contribution in [0, 0.1) is 10.1 Å². The molecule has 0 aliphatic carbocycles. The standard InChI is InChI=1S/C16H12F3NO2/c1-2-13(11-6-4-3-5-7-11)14-9-8-12(16(17,18)19)10-15(14)20(21)22/h2-10H,1H3/b13-2+. The quantitative estimate of drug-likeness (QED) is 0.587. The van der Waals surface area contributed by atoms with E-state index in [1.165, 1.54) is 0 Å². The van der Waals surface area contributed by atoms with Gasteiger partial charge in [-0.3, -0.25) is 10.1 Å². The molecule has 6 heteroatoms. The van der Waals surface area contributed by atoms with Crippen LogP contribution >= 0.6 is 0 Å². The number of benzene rings is 2. The van der Waals surface area contributed by atoms with Crippen LogP contribution in [0.2, 0.25) is 0 Å². The normalized spacial score (nSPS) is 12.3. The lowest BCUT2D eigenvalue weighted by molar-refractivity contribution is -0.385. The summed E-state index contributed by atoms with van der Waals surface area (Å²) < 4.78 is 38.2. The van der Waals surface area contributed by atoms with E-state index in [1.54, 1.807) is 43.3 Å². The summed E-state index contributed by atoms with van der Waals surface area (Å²) in [5.41, 5.74) is -0.223. The highest BCUT2D eigenvalue weighted by Crippen LogP contribution is 2.36. The average Bonchev–Trinajstić information content (AvgIpc) is 2.48. The lowest BCUT2D eigenvalue weighted by atomic mass is 9.95. The fourth-order valence-electron chi connectivity index (χ4n) is 2.18. The van der Waals surface area contributed by atoms with Crippen molar-refractivity contribution in [1.82, 2.24) is 0 Å². The van der Waals surface area contributed by atoms with E-state index in [0.717, 1.165) is 12.1 Å². The number of allylic oxidation sites excluding steroid dienone is 1. The molecule has 0 heterocycles. The summed E-state index contributed by atoms with van der Waals surface area (Å²) in [5, 5.41) is 11.2. The van der Waals surface area contributed by atoms with Gasteiger partial charge in [0.05, 0.1) is 16.1 Å². The number of nitro groups is 1. The van der Waals surface area contributed by atoms with Crippen molar-refractivity contribution >= 4 is 11.3 Å². The zero-order chi connectivity index (χ0) is 16.3. The number of nitro benzene ring substituents is 1. The van der Waals surface area contributed by atoms with Crippen molar-refractivity contribution < 1.29 is 18.1 Å². The minimum atomic E-state index is -4.62. The number of hydrogen-bond donors (Lipinski definition) is 0. The molecule has 114 valence electrons. The van der Waals surface area contributed by atoms with Gasteiger partial charge in [-0.25, -0.2) is 0 Å². The van der Waals surface area contributed by atoms with Gasteiger partial charge < -0.3 is 0 Å². The first-order chi connectivity index (χ1) is 10.3. The van der Waals surface area contributed by atoms with Crippen molar-refractivity contribution in [1.29, 1.82) is 0 Å². The first kappa shape index (κ1) is 15.8. The zero-order valence-corrected chi connectivity index (χ0v) is 11.6. The number of nitrogens with zero attached hydrogens (tertiary/aromatic N) is 1. The Labute approximate surface area is 124 Å². The van der Waals surface area contributed by atoms with Crippen LogP contribution in [0.25, 0.3) is 5.57 Å². The maximum atomic E-state index is 12.7. The van der Waals surface area contributed by atoms with Gasteiger partial charge in [0.1, 0.15) is 0 Å². The molecule has 0 aromatic heterocycles. The first-order valence-corrected chi connectivity index (χ1v) is 6.42. The molecule has 0 saturated carbocycles. The maximum Gasteiger partial charge on any atom is 0.416 e. The second-order valence-electron chi connectivity index (χ2n) is 4.56. The number of rotatable bonds is 3. The molecule has 2 aromatic rings. The van der Waals surface area contributed by atoms with Gasteiger partial charge in [0.15, 0.2) is 0 Å². The Kier molecular flexibility index (Phi) is 4.30. The second kappa shape index (κ2) is 6.01. The van der Waals surface area contributed by atoms with Gasteiger partial charge in [-0.2, -0.15) is 13.2 Å². The number of hydrogen-bond acceptors (Lipinski definition) is 2. The minimum absolute atomic E-state index is 0.159. The smallest absolute Gasteiger partial charge is 0.258 e. The molecule has 0 bridgehead atoms. The fraction of sp³-hybridized carbons (Fsp3) is 0.125. The Bertz CT molecular complexity index is 722. The molecule has 0 aliphatic heterocycles. The molecule has 0 atom stereocenters. The van der Waals surface area contributed by atoms with Crippen LogP contribution in [-0.4, -0.2) is 4.92 Å². The molecule has 0 spiro atoms. The lowest BCUT2D eigenvalue weighted by Crippen LogP contribution is -2.07. The van der Waals surface area contributed by atoms with E-state index < -0.39 is 22.4 Å². The van der Waals surface area contributed by atoms with Crippen LogP contribution in [-0.2, 0) is 6.18 Å². The molecule has 0 aliphatic rings. The molecule has 0 N–H and O–H groups in total. The Balaban J connectivity index is 2.62. The summed E-state index contributed by atoms with van der Waals surface area (Å²) in [6.07, 6.45) is -2.98. The molecule has 3 nitrogen and oxygen atoms in total. The van der Waals surface area contributed by atoms with Gasteiger partial charge in [0, 0.05) is 6.07 Å². The second-order valence-corrected chi connectivity index (χ2v) is 4.56. The van der Waals surface area contributed by atoms with E-state index >= 15 is 0 Å².